The van der Waals surface area contributed by atoms with E-state index in [4.69, 9.17) is 9.52 Å². The summed E-state index contributed by atoms with van der Waals surface area (Å²) in [4.78, 5) is 41.3. The minimum Gasteiger partial charge on any atom is -0.464 e. The van der Waals surface area contributed by atoms with Crippen LogP contribution in [-0.4, -0.2) is 48.2 Å². The smallest absolute Gasteiger partial charge is 0.428 e. The predicted molar refractivity (Wildman–Crippen MR) is 93.6 cm³/mol. The fourth-order valence-corrected chi connectivity index (χ4v) is 2.79. The number of carbonyl (C=O) groups is 2. The third kappa shape index (κ3) is 4.85. The maximum atomic E-state index is 12.1. The van der Waals surface area contributed by atoms with Gasteiger partial charge < -0.3 is 19.7 Å². The number of allylic oxidation sites excluding steroid dienone is 1. The summed E-state index contributed by atoms with van der Waals surface area (Å²) in [6, 6.07) is 1.56. The molecule has 1 aliphatic carbocycles. The highest BCUT2D eigenvalue weighted by molar-refractivity contribution is 5.94. The Kier molecular flexibility index (Phi) is 6.79. The Bertz CT molecular complexity index is 751. The Hall–Kier alpha value is -2.81. The van der Waals surface area contributed by atoms with E-state index in [0.29, 0.717) is 12.2 Å². The standard InChI is InChI=1S/C17H23N3O6/c1-3-20(4-2)12-6-5-11-9-13(16(22)26-14(11)10-12)15(21)18-7-8-25-19-17(23)24/h9-10,19H,3-8H2,1-2H3,(H,18,21)(H,23,24). The molecule has 26 heavy (non-hydrogen) atoms. The fraction of sp³-hybridized carbons (Fsp3) is 0.471. The number of nitrogens with one attached hydrogen (secondary N) is 2. The maximum Gasteiger partial charge on any atom is 0.428 e. The van der Waals surface area contributed by atoms with Gasteiger partial charge in [-0.05, 0) is 38.3 Å². The van der Waals surface area contributed by atoms with Crippen molar-refractivity contribution in [3.63, 3.8) is 0 Å². The monoisotopic (exact) mass is 365 g/mol. The molecule has 0 bridgehead atoms. The molecule has 0 fully saturated rings. The van der Waals surface area contributed by atoms with E-state index in [0.717, 1.165) is 30.8 Å². The number of hydrogen-bond acceptors (Lipinski definition) is 6. The second kappa shape index (κ2) is 9.04. The Morgan fingerprint density at radius 2 is 2.04 bits per heavy atom. The number of amides is 2. The summed E-state index contributed by atoms with van der Waals surface area (Å²) in [5.41, 5.74) is 2.86. The first-order valence-corrected chi connectivity index (χ1v) is 8.47. The number of carbonyl (C=O) groups excluding carboxylic acids is 1. The Morgan fingerprint density at radius 3 is 2.69 bits per heavy atom. The van der Waals surface area contributed by atoms with Crippen molar-refractivity contribution in [2.75, 3.05) is 26.2 Å². The topological polar surface area (TPSA) is 121 Å². The van der Waals surface area contributed by atoms with Crippen LogP contribution in [0.2, 0.25) is 0 Å². The lowest BCUT2D eigenvalue weighted by molar-refractivity contribution is 0.0434. The van der Waals surface area contributed by atoms with Crippen LogP contribution < -0.4 is 16.4 Å². The van der Waals surface area contributed by atoms with Crippen LogP contribution >= 0.6 is 0 Å². The lowest BCUT2D eigenvalue weighted by atomic mass is 9.98. The Labute approximate surface area is 150 Å². The SMILES string of the molecule is CCN(CC)C1=Cc2oc(=O)c(C(=O)NCCONC(=O)O)cc2CC1. The molecule has 1 aliphatic rings. The highest BCUT2D eigenvalue weighted by Crippen LogP contribution is 2.25. The molecule has 0 atom stereocenters. The number of hydrogen-bond donors (Lipinski definition) is 3. The molecule has 1 aromatic heterocycles. The van der Waals surface area contributed by atoms with Crippen molar-refractivity contribution in [3.05, 3.63) is 39.1 Å². The second-order valence-corrected chi connectivity index (χ2v) is 5.66. The van der Waals surface area contributed by atoms with Gasteiger partial charge in [-0.1, -0.05) is 0 Å². The molecule has 142 valence electrons. The van der Waals surface area contributed by atoms with Gasteiger partial charge in [0.15, 0.2) is 0 Å². The maximum absolute atomic E-state index is 12.1. The van der Waals surface area contributed by atoms with Crippen LogP contribution in [-0.2, 0) is 11.3 Å². The zero-order valence-corrected chi connectivity index (χ0v) is 14.8. The molecule has 1 heterocycles. The minimum atomic E-state index is -1.33. The van der Waals surface area contributed by atoms with Gasteiger partial charge in [0.25, 0.3) is 5.91 Å². The molecule has 0 aromatic carbocycles. The van der Waals surface area contributed by atoms with Crippen LogP contribution in [0.5, 0.6) is 0 Å². The van der Waals surface area contributed by atoms with Crippen molar-refractivity contribution < 1.29 is 24.0 Å². The van der Waals surface area contributed by atoms with E-state index in [1.807, 2.05) is 6.08 Å². The van der Waals surface area contributed by atoms with Crippen LogP contribution in [0.25, 0.3) is 6.08 Å². The van der Waals surface area contributed by atoms with Crippen molar-refractivity contribution in [2.24, 2.45) is 0 Å². The van der Waals surface area contributed by atoms with E-state index in [1.54, 1.807) is 11.5 Å². The average Bonchev–Trinajstić information content (AvgIpc) is 2.61. The number of nitrogens with zero attached hydrogens (tertiary/aromatic N) is 1. The average molecular weight is 365 g/mol. The summed E-state index contributed by atoms with van der Waals surface area (Å²) in [5, 5.41) is 10.8. The fourth-order valence-electron chi connectivity index (χ4n) is 2.79. The van der Waals surface area contributed by atoms with Crippen LogP contribution in [0.4, 0.5) is 4.79 Å². The van der Waals surface area contributed by atoms with Gasteiger partial charge in [0.1, 0.15) is 11.3 Å². The summed E-state index contributed by atoms with van der Waals surface area (Å²) in [7, 11) is 0. The van der Waals surface area contributed by atoms with Gasteiger partial charge in [0.2, 0.25) is 0 Å². The van der Waals surface area contributed by atoms with Crippen molar-refractivity contribution in [1.29, 1.82) is 0 Å². The second-order valence-electron chi connectivity index (χ2n) is 5.66. The van der Waals surface area contributed by atoms with Crippen molar-refractivity contribution in [2.45, 2.75) is 26.7 Å². The quantitative estimate of drug-likeness (QED) is 0.467. The van der Waals surface area contributed by atoms with Gasteiger partial charge in [-0.3, -0.25) is 9.63 Å². The Balaban J connectivity index is 2.06. The van der Waals surface area contributed by atoms with Crippen molar-refractivity contribution in [1.82, 2.24) is 15.7 Å². The predicted octanol–water partition coefficient (Wildman–Crippen LogP) is 1.20. The Morgan fingerprint density at radius 1 is 1.31 bits per heavy atom. The first kappa shape index (κ1) is 19.5. The highest BCUT2D eigenvalue weighted by atomic mass is 16.7. The number of fused-ring (bicyclic) bond motifs is 1. The molecule has 9 heteroatoms. The summed E-state index contributed by atoms with van der Waals surface area (Å²) in [6.45, 7) is 5.87. The summed E-state index contributed by atoms with van der Waals surface area (Å²) >= 11 is 0. The summed E-state index contributed by atoms with van der Waals surface area (Å²) in [6.07, 6.45) is 2.04. The number of rotatable bonds is 8. The number of hydroxylamine groups is 1. The first-order chi connectivity index (χ1) is 12.5. The van der Waals surface area contributed by atoms with E-state index in [2.05, 4.69) is 28.9 Å². The molecular formula is C17H23N3O6. The van der Waals surface area contributed by atoms with Crippen molar-refractivity contribution >= 4 is 18.1 Å². The first-order valence-electron chi connectivity index (χ1n) is 8.47. The summed E-state index contributed by atoms with van der Waals surface area (Å²) in [5.74, 6) is -0.0901. The van der Waals surface area contributed by atoms with Gasteiger partial charge in [-0.15, -0.1) is 0 Å². The lowest BCUT2D eigenvalue weighted by Gasteiger charge is -2.27. The number of aryl methyl sites for hydroxylation is 1. The van der Waals surface area contributed by atoms with Crippen LogP contribution in [0.15, 0.2) is 21.0 Å². The lowest BCUT2D eigenvalue weighted by Crippen LogP contribution is -2.33. The molecule has 0 unspecified atom stereocenters. The van der Waals surface area contributed by atoms with E-state index < -0.39 is 17.6 Å². The molecule has 0 aliphatic heterocycles. The third-order valence-corrected chi connectivity index (χ3v) is 4.07. The van der Waals surface area contributed by atoms with E-state index in [-0.39, 0.29) is 18.7 Å². The van der Waals surface area contributed by atoms with Gasteiger partial charge in [0, 0.05) is 31.4 Å². The van der Waals surface area contributed by atoms with Gasteiger partial charge in [0.05, 0.1) is 6.61 Å². The minimum absolute atomic E-state index is 0.0433. The van der Waals surface area contributed by atoms with Crippen molar-refractivity contribution in [3.8, 4) is 0 Å². The third-order valence-electron chi connectivity index (χ3n) is 4.07. The molecule has 0 spiro atoms. The zero-order valence-electron chi connectivity index (χ0n) is 14.8. The zero-order chi connectivity index (χ0) is 19.1. The van der Waals surface area contributed by atoms with E-state index in [1.165, 1.54) is 0 Å². The molecular weight excluding hydrogens is 342 g/mol. The molecule has 9 nitrogen and oxygen atoms in total. The molecule has 0 saturated heterocycles. The molecule has 2 rings (SSSR count). The van der Waals surface area contributed by atoms with Crippen LogP contribution in [0, 0.1) is 0 Å². The van der Waals surface area contributed by atoms with E-state index in [9.17, 15) is 14.4 Å². The van der Waals surface area contributed by atoms with Gasteiger partial charge >= 0.3 is 11.7 Å². The molecule has 0 saturated carbocycles. The van der Waals surface area contributed by atoms with Gasteiger partial charge in [-0.2, -0.15) is 5.48 Å². The number of carboxylic acid groups (broad SMARTS) is 1. The normalized spacial score (nSPS) is 12.8. The molecule has 3 N–H and O–H groups in total. The summed E-state index contributed by atoms with van der Waals surface area (Å²) < 4.78 is 5.34. The molecule has 0 radical (unpaired) electrons. The highest BCUT2D eigenvalue weighted by Gasteiger charge is 2.20. The van der Waals surface area contributed by atoms with E-state index >= 15 is 0 Å². The van der Waals surface area contributed by atoms with Gasteiger partial charge in [-0.25, -0.2) is 9.59 Å². The molecule has 1 aromatic rings. The van der Waals surface area contributed by atoms with Crippen LogP contribution in [0.3, 0.4) is 0 Å². The largest absolute Gasteiger partial charge is 0.464 e. The molecule has 2 amide bonds. The van der Waals surface area contributed by atoms with Crippen LogP contribution in [0.1, 0.15) is 41.9 Å².